The largest absolute Gasteiger partial charge is 0.475 e. The average Bonchev–Trinajstić information content (AvgIpc) is 3.11. The molecule has 4 nitrogen and oxygen atoms in total. The maximum Gasteiger partial charge on any atom is 0.371 e. The van der Waals surface area contributed by atoms with Gasteiger partial charge < -0.3 is 9.52 Å². The molecule has 1 N–H and O–H groups in total. The van der Waals surface area contributed by atoms with Gasteiger partial charge in [0.1, 0.15) is 0 Å². The van der Waals surface area contributed by atoms with Crippen LogP contribution in [0.1, 0.15) is 48.7 Å². The second-order valence-corrected chi connectivity index (χ2v) is 6.84. The highest BCUT2D eigenvalue weighted by Crippen LogP contribution is 2.43. The van der Waals surface area contributed by atoms with Crippen molar-refractivity contribution in [3.63, 3.8) is 0 Å². The van der Waals surface area contributed by atoms with Crippen LogP contribution in [0.15, 0.2) is 64.2 Å². The van der Waals surface area contributed by atoms with Crippen LogP contribution in [0.5, 0.6) is 0 Å². The zero-order valence-corrected chi connectivity index (χ0v) is 14.2. The molecule has 0 bridgehead atoms. The highest BCUT2D eigenvalue weighted by Gasteiger charge is 2.30. The van der Waals surface area contributed by atoms with E-state index >= 15 is 0 Å². The van der Waals surface area contributed by atoms with E-state index in [9.17, 15) is 9.90 Å². The van der Waals surface area contributed by atoms with Gasteiger partial charge >= 0.3 is 5.97 Å². The van der Waals surface area contributed by atoms with E-state index in [-0.39, 0.29) is 5.76 Å². The molecule has 4 rings (SSSR count). The Morgan fingerprint density at radius 2 is 2.00 bits per heavy atom. The molecule has 2 heterocycles. The van der Waals surface area contributed by atoms with Gasteiger partial charge in [0, 0.05) is 11.8 Å². The third-order valence-electron chi connectivity index (χ3n) is 5.02. The number of anilines is 1. The third kappa shape index (κ3) is 2.88. The van der Waals surface area contributed by atoms with Crippen molar-refractivity contribution in [3.8, 4) is 0 Å². The van der Waals surface area contributed by atoms with E-state index in [4.69, 9.17) is 4.42 Å². The van der Waals surface area contributed by atoms with Crippen molar-refractivity contribution < 1.29 is 14.3 Å². The van der Waals surface area contributed by atoms with Gasteiger partial charge in [0.25, 0.3) is 0 Å². The molecular formula is C21H21NO3. The molecule has 0 fully saturated rings. The zero-order valence-electron chi connectivity index (χ0n) is 14.2. The summed E-state index contributed by atoms with van der Waals surface area (Å²) in [5.41, 5.74) is 4.89. The maximum atomic E-state index is 11.2. The average molecular weight is 335 g/mol. The quantitative estimate of drug-likeness (QED) is 0.826. The Kier molecular flexibility index (Phi) is 3.96. The molecule has 0 saturated carbocycles. The van der Waals surface area contributed by atoms with Crippen LogP contribution in [-0.2, 0) is 0 Å². The molecule has 0 amide bonds. The van der Waals surface area contributed by atoms with Crippen LogP contribution in [0.25, 0.3) is 5.70 Å². The first-order valence-electron chi connectivity index (χ1n) is 8.73. The molecule has 0 saturated heterocycles. The molecule has 1 aliphatic carbocycles. The SMILES string of the molecule is CC1CCC2=C(CC=C(c3ccccc3)N2c2ccc(C(=O)O)o2)C1. The van der Waals surface area contributed by atoms with Crippen molar-refractivity contribution in [1.29, 1.82) is 0 Å². The Hall–Kier alpha value is -2.75. The Labute approximate surface area is 147 Å². The van der Waals surface area contributed by atoms with Crippen molar-refractivity contribution in [1.82, 2.24) is 0 Å². The first-order valence-corrected chi connectivity index (χ1v) is 8.73. The van der Waals surface area contributed by atoms with E-state index in [0.717, 1.165) is 36.9 Å². The number of hydrogen-bond donors (Lipinski definition) is 1. The highest BCUT2D eigenvalue weighted by molar-refractivity contribution is 5.87. The van der Waals surface area contributed by atoms with Crippen LogP contribution in [0, 0.1) is 5.92 Å². The fraction of sp³-hybridized carbons (Fsp3) is 0.286. The van der Waals surface area contributed by atoms with E-state index < -0.39 is 5.97 Å². The van der Waals surface area contributed by atoms with Crippen molar-refractivity contribution in [2.75, 3.05) is 4.90 Å². The number of carbonyl (C=O) groups is 1. The van der Waals surface area contributed by atoms with Gasteiger partial charge in [-0.3, -0.25) is 4.90 Å². The Morgan fingerprint density at radius 3 is 2.72 bits per heavy atom. The lowest BCUT2D eigenvalue weighted by Crippen LogP contribution is -2.28. The normalized spacial score (nSPS) is 20.3. The second-order valence-electron chi connectivity index (χ2n) is 6.84. The number of benzene rings is 1. The number of rotatable bonds is 3. The first-order chi connectivity index (χ1) is 12.1. The van der Waals surface area contributed by atoms with E-state index in [0.29, 0.717) is 11.8 Å². The molecule has 2 aromatic rings. The minimum atomic E-state index is -1.04. The summed E-state index contributed by atoms with van der Waals surface area (Å²) >= 11 is 0. The van der Waals surface area contributed by atoms with Gasteiger partial charge in [-0.05, 0) is 48.8 Å². The minimum absolute atomic E-state index is 0.0284. The molecular weight excluding hydrogens is 314 g/mol. The van der Waals surface area contributed by atoms with Crippen LogP contribution >= 0.6 is 0 Å². The van der Waals surface area contributed by atoms with Crippen LogP contribution in [0.2, 0.25) is 0 Å². The number of allylic oxidation sites excluding steroid dienone is 3. The molecule has 128 valence electrons. The summed E-state index contributed by atoms with van der Waals surface area (Å²) < 4.78 is 5.66. The second kappa shape index (κ2) is 6.28. The number of aromatic carboxylic acids is 1. The zero-order chi connectivity index (χ0) is 17.4. The number of hydrogen-bond acceptors (Lipinski definition) is 3. The van der Waals surface area contributed by atoms with E-state index in [2.05, 4.69) is 30.0 Å². The van der Waals surface area contributed by atoms with Gasteiger partial charge in [0.15, 0.2) is 0 Å². The molecule has 1 aromatic heterocycles. The summed E-state index contributed by atoms with van der Waals surface area (Å²) in [7, 11) is 0. The summed E-state index contributed by atoms with van der Waals surface area (Å²) in [5, 5.41) is 9.21. The summed E-state index contributed by atoms with van der Waals surface area (Å²) in [4.78, 5) is 13.4. The van der Waals surface area contributed by atoms with Gasteiger partial charge in [-0.1, -0.05) is 43.3 Å². The van der Waals surface area contributed by atoms with Gasteiger partial charge in [-0.15, -0.1) is 0 Å². The van der Waals surface area contributed by atoms with Gasteiger partial charge in [-0.2, -0.15) is 0 Å². The van der Waals surface area contributed by atoms with Gasteiger partial charge in [0.05, 0.1) is 5.70 Å². The van der Waals surface area contributed by atoms with Crippen molar-refractivity contribution in [2.24, 2.45) is 5.92 Å². The molecule has 2 aliphatic rings. The molecule has 4 heteroatoms. The van der Waals surface area contributed by atoms with E-state index in [1.807, 2.05) is 18.2 Å². The van der Waals surface area contributed by atoms with Crippen LogP contribution in [-0.4, -0.2) is 11.1 Å². The lowest BCUT2D eigenvalue weighted by molar-refractivity contribution is 0.0663. The van der Waals surface area contributed by atoms with Crippen molar-refractivity contribution >= 4 is 17.6 Å². The predicted molar refractivity (Wildman–Crippen MR) is 97.2 cm³/mol. The highest BCUT2D eigenvalue weighted by atomic mass is 16.4. The summed E-state index contributed by atoms with van der Waals surface area (Å²) in [6.45, 7) is 2.29. The number of carboxylic acids is 1. The number of furan rings is 1. The predicted octanol–water partition coefficient (Wildman–Crippen LogP) is 5.30. The Bertz CT molecular complexity index is 860. The lowest BCUT2D eigenvalue weighted by Gasteiger charge is -2.37. The Morgan fingerprint density at radius 1 is 1.20 bits per heavy atom. The molecule has 1 aliphatic heterocycles. The summed E-state index contributed by atoms with van der Waals surface area (Å²) in [6.07, 6.45) is 6.41. The third-order valence-corrected chi connectivity index (χ3v) is 5.02. The lowest BCUT2D eigenvalue weighted by atomic mass is 9.83. The molecule has 0 radical (unpaired) electrons. The number of carboxylic acid groups (broad SMARTS) is 1. The molecule has 0 spiro atoms. The minimum Gasteiger partial charge on any atom is -0.475 e. The van der Waals surface area contributed by atoms with E-state index in [1.54, 1.807) is 6.07 Å². The van der Waals surface area contributed by atoms with Crippen LogP contribution in [0.3, 0.4) is 0 Å². The fourth-order valence-corrected chi connectivity index (χ4v) is 3.80. The van der Waals surface area contributed by atoms with Crippen LogP contribution in [0.4, 0.5) is 5.88 Å². The van der Waals surface area contributed by atoms with Gasteiger partial charge in [0.2, 0.25) is 11.6 Å². The Balaban J connectivity index is 1.80. The monoisotopic (exact) mass is 335 g/mol. The number of nitrogens with zero attached hydrogens (tertiary/aromatic N) is 1. The fourth-order valence-electron chi connectivity index (χ4n) is 3.80. The van der Waals surface area contributed by atoms with Crippen molar-refractivity contribution in [2.45, 2.75) is 32.6 Å². The molecule has 1 atom stereocenters. The maximum absolute atomic E-state index is 11.2. The van der Waals surface area contributed by atoms with Crippen LogP contribution < -0.4 is 4.90 Å². The van der Waals surface area contributed by atoms with Gasteiger partial charge in [-0.25, -0.2) is 4.79 Å². The smallest absolute Gasteiger partial charge is 0.371 e. The molecule has 1 unspecified atom stereocenters. The summed E-state index contributed by atoms with van der Waals surface area (Å²) in [6, 6.07) is 13.5. The molecule has 25 heavy (non-hydrogen) atoms. The standard InChI is InChI=1S/C21H21NO3/c1-14-7-9-18-16(13-14)8-10-17(15-5-3-2-4-6-15)22(18)20-12-11-19(25-20)21(23)24/h2-6,10-12,14H,7-9,13H2,1H3,(H,23,24). The first kappa shape index (κ1) is 15.8. The molecule has 1 aromatic carbocycles. The summed E-state index contributed by atoms with van der Waals surface area (Å²) in [5.74, 6) is 0.201. The van der Waals surface area contributed by atoms with E-state index in [1.165, 1.54) is 17.3 Å². The van der Waals surface area contributed by atoms with Crippen molar-refractivity contribution in [3.05, 3.63) is 71.1 Å². The topological polar surface area (TPSA) is 53.7 Å².